The van der Waals surface area contributed by atoms with E-state index in [1.54, 1.807) is 49.6 Å². The molecule has 1 aliphatic rings. The second-order valence-corrected chi connectivity index (χ2v) is 6.77. The smallest absolute Gasteiger partial charge is 0.344 e. The number of benzene rings is 1. The van der Waals surface area contributed by atoms with Crippen molar-refractivity contribution in [2.45, 2.75) is 25.8 Å². The molecule has 148 valence electrons. The molecule has 1 fully saturated rings. The summed E-state index contributed by atoms with van der Waals surface area (Å²) in [6.45, 7) is 1.17. The highest BCUT2D eigenvalue weighted by atomic mass is 16.5. The molecule has 1 aliphatic carbocycles. The Bertz CT molecular complexity index is 1100. The van der Waals surface area contributed by atoms with Crippen molar-refractivity contribution in [1.82, 2.24) is 19.9 Å². The predicted molar refractivity (Wildman–Crippen MR) is 104 cm³/mol. The zero-order valence-electron chi connectivity index (χ0n) is 15.7. The fourth-order valence-corrected chi connectivity index (χ4v) is 2.91. The van der Waals surface area contributed by atoms with Crippen LogP contribution in [-0.4, -0.2) is 45.0 Å². The van der Waals surface area contributed by atoms with Crippen LogP contribution in [0.25, 0.3) is 5.65 Å². The minimum absolute atomic E-state index is 0.204. The van der Waals surface area contributed by atoms with Crippen LogP contribution >= 0.6 is 0 Å². The van der Waals surface area contributed by atoms with Crippen LogP contribution in [0.2, 0.25) is 0 Å². The normalized spacial score (nSPS) is 13.1. The third-order valence-electron chi connectivity index (χ3n) is 4.47. The molecule has 0 bridgehead atoms. The number of aromatic nitrogens is 3. The van der Waals surface area contributed by atoms with Gasteiger partial charge in [-0.15, -0.1) is 0 Å². The van der Waals surface area contributed by atoms with Crippen LogP contribution < -0.4 is 10.6 Å². The van der Waals surface area contributed by atoms with Crippen LogP contribution in [0.1, 0.15) is 39.3 Å². The Kier molecular flexibility index (Phi) is 4.94. The van der Waals surface area contributed by atoms with Gasteiger partial charge in [-0.1, -0.05) is 12.1 Å². The highest BCUT2D eigenvalue weighted by Crippen LogP contribution is 2.21. The van der Waals surface area contributed by atoms with Crippen molar-refractivity contribution in [3.8, 4) is 0 Å². The third-order valence-corrected chi connectivity index (χ3v) is 4.47. The highest BCUT2D eigenvalue weighted by Gasteiger charge is 2.25. The Morgan fingerprint density at radius 1 is 1.21 bits per heavy atom. The number of nitrogens with one attached hydrogen (secondary N) is 2. The maximum atomic E-state index is 12.4. The van der Waals surface area contributed by atoms with Gasteiger partial charge in [-0.05, 0) is 38.0 Å². The number of hydrogen-bond donors (Lipinski definition) is 2. The SMILES string of the molecule is Cc1nn2cccnc2c1C(=O)OCC(=O)Nc1ccccc1C(=O)NC1CC1. The molecular formula is C20H19N5O4. The monoisotopic (exact) mass is 393 g/mol. The summed E-state index contributed by atoms with van der Waals surface area (Å²) in [6, 6.07) is 8.59. The summed E-state index contributed by atoms with van der Waals surface area (Å²) in [5, 5.41) is 9.71. The molecule has 29 heavy (non-hydrogen) atoms. The number of ether oxygens (including phenoxy) is 1. The average Bonchev–Trinajstić information content (AvgIpc) is 3.45. The lowest BCUT2D eigenvalue weighted by atomic mass is 10.1. The largest absolute Gasteiger partial charge is 0.452 e. The molecule has 0 unspecified atom stereocenters. The molecule has 0 saturated heterocycles. The van der Waals surface area contributed by atoms with Crippen molar-refractivity contribution < 1.29 is 19.1 Å². The van der Waals surface area contributed by atoms with Crippen LogP contribution in [0.4, 0.5) is 5.69 Å². The number of carbonyl (C=O) groups is 3. The Labute approximate surface area is 166 Å². The Morgan fingerprint density at radius 3 is 2.79 bits per heavy atom. The summed E-state index contributed by atoms with van der Waals surface area (Å²) in [4.78, 5) is 41.2. The highest BCUT2D eigenvalue weighted by molar-refractivity contribution is 6.05. The second-order valence-electron chi connectivity index (χ2n) is 6.77. The van der Waals surface area contributed by atoms with E-state index in [0.29, 0.717) is 22.6 Å². The minimum atomic E-state index is -0.689. The van der Waals surface area contributed by atoms with E-state index in [2.05, 4.69) is 20.7 Å². The zero-order chi connectivity index (χ0) is 20.4. The van der Waals surface area contributed by atoms with Crippen molar-refractivity contribution in [3.05, 3.63) is 59.5 Å². The molecule has 2 aromatic heterocycles. The summed E-state index contributed by atoms with van der Waals surface area (Å²) in [7, 11) is 0. The number of aryl methyl sites for hydroxylation is 1. The summed E-state index contributed by atoms with van der Waals surface area (Å²) < 4.78 is 6.61. The second kappa shape index (κ2) is 7.70. The van der Waals surface area contributed by atoms with Gasteiger partial charge in [0.25, 0.3) is 11.8 Å². The van der Waals surface area contributed by atoms with Crippen LogP contribution in [0.15, 0.2) is 42.7 Å². The Morgan fingerprint density at radius 2 is 2.00 bits per heavy atom. The summed E-state index contributed by atoms with van der Waals surface area (Å²) in [5.74, 6) is -1.48. The quantitative estimate of drug-likeness (QED) is 0.617. The number of para-hydroxylation sites is 1. The van der Waals surface area contributed by atoms with E-state index in [4.69, 9.17) is 4.74 Å². The number of rotatable bonds is 6. The fourth-order valence-electron chi connectivity index (χ4n) is 2.91. The topological polar surface area (TPSA) is 115 Å². The van der Waals surface area contributed by atoms with Gasteiger partial charge in [-0.2, -0.15) is 5.10 Å². The number of fused-ring (bicyclic) bond motifs is 1. The van der Waals surface area contributed by atoms with Crippen molar-refractivity contribution in [1.29, 1.82) is 0 Å². The Hall–Kier alpha value is -3.75. The standard InChI is InChI=1S/C20H19N5O4/c1-12-17(18-21-9-4-10-25(18)24-12)20(28)29-11-16(26)23-15-6-3-2-5-14(15)19(27)22-13-7-8-13/h2-6,9-10,13H,7-8,11H2,1H3,(H,22,27)(H,23,26). The number of carbonyl (C=O) groups excluding carboxylic acids is 3. The van der Waals surface area contributed by atoms with Crippen molar-refractivity contribution in [3.63, 3.8) is 0 Å². The molecule has 1 aromatic carbocycles. The van der Waals surface area contributed by atoms with Gasteiger partial charge < -0.3 is 15.4 Å². The van der Waals surface area contributed by atoms with Crippen molar-refractivity contribution in [2.75, 3.05) is 11.9 Å². The number of esters is 1. The number of nitrogens with zero attached hydrogens (tertiary/aromatic N) is 3. The lowest BCUT2D eigenvalue weighted by Crippen LogP contribution is -2.28. The van der Waals surface area contributed by atoms with Crippen LogP contribution in [0, 0.1) is 6.92 Å². The molecule has 9 heteroatoms. The summed E-state index contributed by atoms with van der Waals surface area (Å²) in [6.07, 6.45) is 5.15. The molecule has 9 nitrogen and oxygen atoms in total. The fraction of sp³-hybridized carbons (Fsp3) is 0.250. The molecule has 2 heterocycles. The molecule has 2 amide bonds. The van der Waals surface area contributed by atoms with Crippen LogP contribution in [0.3, 0.4) is 0 Å². The average molecular weight is 393 g/mol. The third kappa shape index (κ3) is 4.08. The minimum Gasteiger partial charge on any atom is -0.452 e. The van der Waals surface area contributed by atoms with Gasteiger partial charge in [0.2, 0.25) is 0 Å². The van der Waals surface area contributed by atoms with E-state index < -0.39 is 18.5 Å². The predicted octanol–water partition coefficient (Wildman–Crippen LogP) is 1.73. The maximum Gasteiger partial charge on any atom is 0.344 e. The zero-order valence-corrected chi connectivity index (χ0v) is 15.7. The molecule has 0 radical (unpaired) electrons. The molecule has 4 rings (SSSR count). The molecular weight excluding hydrogens is 374 g/mol. The molecule has 2 N–H and O–H groups in total. The molecule has 0 atom stereocenters. The molecule has 3 aromatic rings. The van der Waals surface area contributed by atoms with Crippen molar-refractivity contribution in [2.24, 2.45) is 0 Å². The van der Waals surface area contributed by atoms with Crippen molar-refractivity contribution >= 4 is 29.1 Å². The van der Waals surface area contributed by atoms with Crippen LogP contribution in [0.5, 0.6) is 0 Å². The van der Waals surface area contributed by atoms with Gasteiger partial charge in [0, 0.05) is 18.4 Å². The van der Waals surface area contributed by atoms with E-state index in [1.807, 2.05) is 0 Å². The van der Waals surface area contributed by atoms with Gasteiger partial charge in [-0.25, -0.2) is 14.3 Å². The summed E-state index contributed by atoms with van der Waals surface area (Å²) >= 11 is 0. The van der Waals surface area contributed by atoms with Gasteiger partial charge in [0.1, 0.15) is 5.56 Å². The number of amides is 2. The number of hydrogen-bond acceptors (Lipinski definition) is 6. The van der Waals surface area contributed by atoms with E-state index in [9.17, 15) is 14.4 Å². The van der Waals surface area contributed by atoms with Gasteiger partial charge in [0.15, 0.2) is 12.3 Å². The number of anilines is 1. The van der Waals surface area contributed by atoms with E-state index >= 15 is 0 Å². The van der Waals surface area contributed by atoms with Gasteiger partial charge in [0.05, 0.1) is 16.9 Å². The van der Waals surface area contributed by atoms with Gasteiger partial charge in [-0.3, -0.25) is 9.59 Å². The first-order valence-electron chi connectivity index (χ1n) is 9.20. The van der Waals surface area contributed by atoms with Crippen LogP contribution in [-0.2, 0) is 9.53 Å². The molecule has 0 aliphatic heterocycles. The lowest BCUT2D eigenvalue weighted by molar-refractivity contribution is -0.119. The van der Waals surface area contributed by atoms with Gasteiger partial charge >= 0.3 is 5.97 Å². The Balaban J connectivity index is 1.41. The van der Waals surface area contributed by atoms with E-state index in [0.717, 1.165) is 12.8 Å². The molecule has 0 spiro atoms. The summed E-state index contributed by atoms with van der Waals surface area (Å²) in [5.41, 5.74) is 1.75. The maximum absolute atomic E-state index is 12.4. The molecule has 1 saturated carbocycles. The lowest BCUT2D eigenvalue weighted by Gasteiger charge is -2.11. The first-order chi connectivity index (χ1) is 14.0. The first kappa shape index (κ1) is 18.6. The first-order valence-corrected chi connectivity index (χ1v) is 9.20. The van der Waals surface area contributed by atoms with E-state index in [1.165, 1.54) is 4.52 Å². The van der Waals surface area contributed by atoms with E-state index in [-0.39, 0.29) is 17.5 Å².